The van der Waals surface area contributed by atoms with Gasteiger partial charge in [0.25, 0.3) is 0 Å². The topological polar surface area (TPSA) is 68.3 Å². The van der Waals surface area contributed by atoms with E-state index in [1.807, 2.05) is 23.1 Å². The van der Waals surface area contributed by atoms with Crippen LogP contribution >= 0.6 is 0 Å². The molecule has 1 amide bonds. The molecular weight excluding hydrogens is 372 g/mol. The summed E-state index contributed by atoms with van der Waals surface area (Å²) in [6.07, 6.45) is 3.41. The van der Waals surface area contributed by atoms with Crippen LogP contribution in [0.5, 0.6) is 11.5 Å². The second-order valence-corrected chi connectivity index (χ2v) is 7.67. The first-order chi connectivity index (χ1) is 14.0. The first-order valence-electron chi connectivity index (χ1n) is 9.91. The molecular formula is C22H30N2O5. The number of methoxy groups -OCH3 is 3. The molecule has 1 unspecified atom stereocenters. The lowest BCUT2D eigenvalue weighted by molar-refractivity contribution is -0.150. The van der Waals surface area contributed by atoms with E-state index in [1.165, 1.54) is 7.11 Å². The fourth-order valence-electron chi connectivity index (χ4n) is 4.70. The van der Waals surface area contributed by atoms with Crippen LogP contribution in [-0.4, -0.2) is 68.2 Å². The fourth-order valence-corrected chi connectivity index (χ4v) is 4.70. The van der Waals surface area contributed by atoms with Crippen LogP contribution in [0.15, 0.2) is 30.9 Å². The Morgan fingerprint density at radius 2 is 1.79 bits per heavy atom. The highest BCUT2D eigenvalue weighted by atomic mass is 16.5. The number of carbonyl (C=O) groups is 2. The van der Waals surface area contributed by atoms with Gasteiger partial charge in [0.1, 0.15) is 11.5 Å². The molecule has 1 atom stereocenters. The summed E-state index contributed by atoms with van der Waals surface area (Å²) in [6.45, 7) is 6.57. The van der Waals surface area contributed by atoms with Crippen molar-refractivity contribution in [1.29, 1.82) is 0 Å². The Bertz CT molecular complexity index is 748. The van der Waals surface area contributed by atoms with Gasteiger partial charge < -0.3 is 19.1 Å². The number of ether oxygens (including phenoxy) is 3. The molecule has 1 aromatic carbocycles. The molecule has 2 fully saturated rings. The monoisotopic (exact) mass is 402 g/mol. The molecule has 0 aromatic heterocycles. The number of hydrogen-bond donors (Lipinski definition) is 0. The van der Waals surface area contributed by atoms with Crippen LogP contribution in [-0.2, 0) is 20.9 Å². The van der Waals surface area contributed by atoms with Crippen LogP contribution in [0.25, 0.3) is 0 Å². The third-order valence-electron chi connectivity index (χ3n) is 6.20. The highest BCUT2D eigenvalue weighted by Crippen LogP contribution is 2.44. The molecule has 1 spiro atoms. The smallest absolute Gasteiger partial charge is 0.311 e. The number of nitrogens with zero attached hydrogens (tertiary/aromatic N) is 2. The van der Waals surface area contributed by atoms with Gasteiger partial charge in [-0.2, -0.15) is 0 Å². The van der Waals surface area contributed by atoms with E-state index < -0.39 is 11.5 Å². The van der Waals surface area contributed by atoms with Gasteiger partial charge in [0.2, 0.25) is 5.91 Å². The summed E-state index contributed by atoms with van der Waals surface area (Å²) in [4.78, 5) is 29.2. The van der Waals surface area contributed by atoms with Crippen molar-refractivity contribution in [2.45, 2.75) is 31.3 Å². The van der Waals surface area contributed by atoms with Crippen molar-refractivity contribution in [3.63, 3.8) is 0 Å². The number of amides is 1. The Hall–Kier alpha value is -2.54. The minimum Gasteiger partial charge on any atom is -0.497 e. The Morgan fingerprint density at radius 1 is 1.17 bits per heavy atom. The largest absolute Gasteiger partial charge is 0.497 e. The van der Waals surface area contributed by atoms with Crippen molar-refractivity contribution in [2.75, 3.05) is 41.0 Å². The van der Waals surface area contributed by atoms with Crippen LogP contribution < -0.4 is 9.47 Å². The maximum absolute atomic E-state index is 12.6. The Balaban J connectivity index is 1.76. The zero-order chi connectivity index (χ0) is 21.0. The summed E-state index contributed by atoms with van der Waals surface area (Å²) >= 11 is 0. The van der Waals surface area contributed by atoms with Crippen molar-refractivity contribution >= 4 is 11.9 Å². The van der Waals surface area contributed by atoms with Gasteiger partial charge in [-0.15, -0.1) is 6.58 Å². The number of hydrogen-bond acceptors (Lipinski definition) is 6. The molecule has 2 heterocycles. The molecule has 2 saturated heterocycles. The predicted molar refractivity (Wildman–Crippen MR) is 109 cm³/mol. The van der Waals surface area contributed by atoms with Gasteiger partial charge in [-0.3, -0.25) is 14.5 Å². The molecule has 158 valence electrons. The van der Waals surface area contributed by atoms with Crippen molar-refractivity contribution in [1.82, 2.24) is 9.80 Å². The predicted octanol–water partition coefficient (Wildman–Crippen LogP) is 2.25. The number of carbonyl (C=O) groups excluding carboxylic acids is 2. The van der Waals surface area contributed by atoms with Crippen LogP contribution in [0.2, 0.25) is 0 Å². The molecule has 0 N–H and O–H groups in total. The van der Waals surface area contributed by atoms with E-state index in [4.69, 9.17) is 14.2 Å². The van der Waals surface area contributed by atoms with Gasteiger partial charge in [0, 0.05) is 38.7 Å². The number of benzene rings is 1. The molecule has 7 heteroatoms. The normalized spacial score (nSPS) is 21.3. The van der Waals surface area contributed by atoms with E-state index in [9.17, 15) is 9.59 Å². The van der Waals surface area contributed by atoms with Gasteiger partial charge in [0.15, 0.2) is 0 Å². The van der Waals surface area contributed by atoms with Crippen molar-refractivity contribution < 1.29 is 23.8 Å². The van der Waals surface area contributed by atoms with Crippen molar-refractivity contribution in [3.05, 3.63) is 36.4 Å². The first kappa shape index (κ1) is 21.2. The quantitative estimate of drug-likeness (QED) is 0.515. The molecule has 0 bridgehead atoms. The van der Waals surface area contributed by atoms with Crippen LogP contribution in [0.1, 0.15) is 24.8 Å². The second kappa shape index (κ2) is 8.86. The first-order valence-corrected chi connectivity index (χ1v) is 9.91. The number of likely N-dealkylation sites (tertiary alicyclic amines) is 2. The van der Waals surface area contributed by atoms with E-state index in [0.29, 0.717) is 6.54 Å². The van der Waals surface area contributed by atoms with E-state index in [0.717, 1.165) is 49.5 Å². The highest BCUT2D eigenvalue weighted by Gasteiger charge is 2.56. The van der Waals surface area contributed by atoms with Gasteiger partial charge in [-0.1, -0.05) is 6.08 Å². The van der Waals surface area contributed by atoms with E-state index in [-0.39, 0.29) is 18.3 Å². The molecule has 2 aliphatic rings. The number of piperidine rings is 1. The Morgan fingerprint density at radius 3 is 2.31 bits per heavy atom. The minimum absolute atomic E-state index is 0.00582. The Kier molecular flexibility index (Phi) is 6.47. The molecule has 0 saturated carbocycles. The van der Waals surface area contributed by atoms with E-state index in [2.05, 4.69) is 11.5 Å². The maximum atomic E-state index is 12.6. The number of rotatable bonds is 7. The summed E-state index contributed by atoms with van der Waals surface area (Å²) in [5.74, 6) is 0.815. The lowest BCUT2D eigenvalue weighted by Crippen LogP contribution is -2.57. The molecule has 1 aromatic rings. The summed E-state index contributed by atoms with van der Waals surface area (Å²) in [6, 6.07) is 5.87. The molecule has 0 radical (unpaired) electrons. The average molecular weight is 402 g/mol. The van der Waals surface area contributed by atoms with Crippen LogP contribution in [0.4, 0.5) is 0 Å². The van der Waals surface area contributed by atoms with Gasteiger partial charge in [0.05, 0.1) is 32.8 Å². The summed E-state index contributed by atoms with van der Waals surface area (Å²) in [5, 5.41) is 0. The third-order valence-corrected chi connectivity index (χ3v) is 6.20. The maximum Gasteiger partial charge on any atom is 0.311 e. The van der Waals surface area contributed by atoms with Gasteiger partial charge >= 0.3 is 5.97 Å². The summed E-state index contributed by atoms with van der Waals surface area (Å²) < 4.78 is 15.8. The summed E-state index contributed by atoms with van der Waals surface area (Å²) in [7, 11) is 4.67. The SMILES string of the molecule is C=CCN1C(=O)CC(C(=O)OC)C12CCN(Cc1cc(OC)cc(OC)c1)CC2. The zero-order valence-corrected chi connectivity index (χ0v) is 17.5. The molecule has 3 rings (SSSR count). The molecule has 0 aliphatic carbocycles. The third kappa shape index (κ3) is 4.10. The Labute approximate surface area is 172 Å². The lowest BCUT2D eigenvalue weighted by Gasteiger charge is -2.46. The van der Waals surface area contributed by atoms with E-state index in [1.54, 1.807) is 20.3 Å². The van der Waals surface area contributed by atoms with Crippen LogP contribution in [0, 0.1) is 5.92 Å². The van der Waals surface area contributed by atoms with Gasteiger partial charge in [-0.05, 0) is 30.5 Å². The summed E-state index contributed by atoms with van der Waals surface area (Å²) in [5.41, 5.74) is 0.619. The standard InChI is InChI=1S/C22H30N2O5/c1-5-8-24-20(25)14-19(21(26)29-4)22(24)6-9-23(10-7-22)15-16-11-17(27-2)13-18(12-16)28-3/h5,11-13,19H,1,6-10,14-15H2,2-4H3. The molecule has 2 aliphatic heterocycles. The molecule has 29 heavy (non-hydrogen) atoms. The number of esters is 1. The minimum atomic E-state index is -0.485. The lowest BCUT2D eigenvalue weighted by atomic mass is 9.76. The van der Waals surface area contributed by atoms with Crippen molar-refractivity contribution in [3.8, 4) is 11.5 Å². The van der Waals surface area contributed by atoms with Crippen LogP contribution in [0.3, 0.4) is 0 Å². The van der Waals surface area contributed by atoms with Crippen molar-refractivity contribution in [2.24, 2.45) is 5.92 Å². The molecule has 7 nitrogen and oxygen atoms in total. The van der Waals surface area contributed by atoms with E-state index >= 15 is 0 Å². The highest BCUT2D eigenvalue weighted by molar-refractivity contribution is 5.89. The second-order valence-electron chi connectivity index (χ2n) is 7.67. The fraction of sp³-hybridized carbons (Fsp3) is 0.545. The average Bonchev–Trinajstić information content (AvgIpc) is 3.01. The van der Waals surface area contributed by atoms with Gasteiger partial charge in [-0.25, -0.2) is 0 Å². The zero-order valence-electron chi connectivity index (χ0n) is 17.5.